The fraction of sp³-hybridized carbons (Fsp3) is 0.468. The van der Waals surface area contributed by atoms with Crippen LogP contribution in [-0.4, -0.2) is 90.5 Å². The Bertz CT molecular complexity index is 2010. The van der Waals surface area contributed by atoms with Crippen LogP contribution in [0.25, 0.3) is 11.1 Å². The van der Waals surface area contributed by atoms with E-state index in [1.54, 1.807) is 19.9 Å². The third-order valence-corrected chi connectivity index (χ3v) is 11.0. The molecule has 1 aromatic heterocycles. The first-order chi connectivity index (χ1) is 28.3. The summed E-state index contributed by atoms with van der Waals surface area (Å²) in [6.07, 6.45) is -3.63. The molecule has 0 spiro atoms. The van der Waals surface area contributed by atoms with Gasteiger partial charge in [0.15, 0.2) is 12.1 Å². The van der Waals surface area contributed by atoms with Gasteiger partial charge in [0.1, 0.15) is 41.7 Å². The minimum atomic E-state index is -1.20. The van der Waals surface area contributed by atoms with E-state index in [1.807, 2.05) is 106 Å². The molecule has 3 aromatic carbocycles. The summed E-state index contributed by atoms with van der Waals surface area (Å²) in [5, 5.41) is 10.4. The number of ether oxygens (including phenoxy) is 6. The van der Waals surface area contributed by atoms with Crippen LogP contribution in [0.15, 0.2) is 95.4 Å². The smallest absolute Gasteiger partial charge is 0.417 e. The molecule has 0 unspecified atom stereocenters. The molecule has 3 heterocycles. The Hall–Kier alpha value is -4.69. The van der Waals surface area contributed by atoms with E-state index < -0.39 is 66.1 Å². The maximum absolute atomic E-state index is 14.0. The summed E-state index contributed by atoms with van der Waals surface area (Å²) in [6.45, 7) is 11.3. The van der Waals surface area contributed by atoms with Crippen molar-refractivity contribution in [1.29, 1.82) is 0 Å². The molecule has 0 saturated carbocycles. The highest BCUT2D eigenvalue weighted by molar-refractivity contribution is 6.12. The quantitative estimate of drug-likeness (QED) is 0.0600. The number of hydrogen-bond acceptors (Lipinski definition) is 11. The van der Waals surface area contributed by atoms with Crippen LogP contribution in [-0.2, 0) is 52.9 Å². The zero-order valence-corrected chi connectivity index (χ0v) is 35.0. The molecule has 0 aliphatic carbocycles. The van der Waals surface area contributed by atoms with Crippen molar-refractivity contribution < 1.29 is 52.3 Å². The minimum Gasteiger partial charge on any atom is -0.457 e. The summed E-state index contributed by atoms with van der Waals surface area (Å²) < 4.78 is 43.4. The molecule has 2 aliphatic rings. The highest BCUT2D eigenvalue weighted by Crippen LogP contribution is 2.37. The lowest BCUT2D eigenvalue weighted by Gasteiger charge is -2.45. The maximum Gasteiger partial charge on any atom is 0.417 e. The maximum atomic E-state index is 14.0. The Morgan fingerprint density at radius 1 is 0.847 bits per heavy atom. The van der Waals surface area contributed by atoms with E-state index >= 15 is 0 Å². The number of nitrogens with zero attached hydrogens (tertiary/aromatic N) is 1. The van der Waals surface area contributed by atoms with Gasteiger partial charge in [-0.25, -0.2) is 9.69 Å². The van der Waals surface area contributed by atoms with E-state index in [1.165, 1.54) is 14.0 Å². The average molecular weight is 812 g/mol. The number of aliphatic hydroxyl groups is 1. The second-order valence-corrected chi connectivity index (χ2v) is 16.2. The van der Waals surface area contributed by atoms with Crippen molar-refractivity contribution in [1.82, 2.24) is 4.90 Å². The summed E-state index contributed by atoms with van der Waals surface area (Å²) in [4.78, 5) is 41.8. The number of Topliss-reactive ketones (excluding diaryl/α,β-unsaturated/α-hetero) is 1. The number of imide groups is 1. The molecule has 316 valence electrons. The van der Waals surface area contributed by atoms with Gasteiger partial charge in [0.05, 0.1) is 25.9 Å². The summed E-state index contributed by atoms with van der Waals surface area (Å²) in [5.74, 6) is -1.89. The average Bonchev–Trinajstić information content (AvgIpc) is 3.77. The molecule has 2 amide bonds. The Kier molecular flexibility index (Phi) is 14.6. The van der Waals surface area contributed by atoms with E-state index in [2.05, 4.69) is 0 Å². The normalized spacial score (nSPS) is 23.3. The molecule has 4 aromatic rings. The highest BCUT2D eigenvalue weighted by atomic mass is 16.7. The van der Waals surface area contributed by atoms with Crippen molar-refractivity contribution >= 4 is 17.8 Å². The molecule has 0 radical (unpaired) electrons. The molecule has 12 heteroatoms. The summed E-state index contributed by atoms with van der Waals surface area (Å²) >= 11 is 0. The van der Waals surface area contributed by atoms with Crippen LogP contribution in [0.3, 0.4) is 0 Å². The summed E-state index contributed by atoms with van der Waals surface area (Å²) in [7, 11) is 1.52. The molecular weight excluding hydrogens is 755 g/mol. The number of amides is 2. The fourth-order valence-corrected chi connectivity index (χ4v) is 8.18. The van der Waals surface area contributed by atoms with Crippen molar-refractivity contribution in [2.45, 2.75) is 110 Å². The SMILES string of the molecule is CO[C@H]1O[C@H](CO)[C@@H](OCc2ccccc2)[C@H](OCc2ccccc2)[C@@H]1OCCCc1oc(C(=O)[C@@H](C)C(=O)N2C(=O)OC(C)(C)[C@H]2C(C)C)cc1-c1cccc(C)c1. The first-order valence-corrected chi connectivity index (χ1v) is 20.3. The van der Waals surface area contributed by atoms with Gasteiger partial charge in [0.2, 0.25) is 11.7 Å². The molecule has 7 atom stereocenters. The van der Waals surface area contributed by atoms with Gasteiger partial charge in [-0.3, -0.25) is 9.59 Å². The Balaban J connectivity index is 1.21. The highest BCUT2D eigenvalue weighted by Gasteiger charge is 2.53. The molecule has 59 heavy (non-hydrogen) atoms. The lowest BCUT2D eigenvalue weighted by Crippen LogP contribution is -2.61. The first-order valence-electron chi connectivity index (χ1n) is 20.3. The molecular formula is C47H57NO11. The van der Waals surface area contributed by atoms with Gasteiger partial charge in [-0.05, 0) is 62.8 Å². The number of aliphatic hydroxyl groups excluding tert-OH is 1. The molecule has 6 rings (SSSR count). The minimum absolute atomic E-state index is 0.0224. The van der Waals surface area contributed by atoms with E-state index in [9.17, 15) is 19.5 Å². The summed E-state index contributed by atoms with van der Waals surface area (Å²) in [5.41, 5.74) is 3.62. The number of carbonyl (C=O) groups excluding carboxylic acids is 3. The lowest BCUT2D eigenvalue weighted by atomic mass is 9.88. The lowest BCUT2D eigenvalue weighted by molar-refractivity contribution is -0.319. The third-order valence-electron chi connectivity index (χ3n) is 11.0. The van der Waals surface area contributed by atoms with Crippen molar-refractivity contribution in [3.63, 3.8) is 0 Å². The number of methoxy groups -OCH3 is 1. The van der Waals surface area contributed by atoms with Gasteiger partial charge in [-0.2, -0.15) is 0 Å². The Labute approximate surface area is 346 Å². The number of furan rings is 1. The Morgan fingerprint density at radius 2 is 1.49 bits per heavy atom. The van der Waals surface area contributed by atoms with Crippen LogP contribution >= 0.6 is 0 Å². The second-order valence-electron chi connectivity index (χ2n) is 16.2. The van der Waals surface area contributed by atoms with Gasteiger partial charge < -0.3 is 37.9 Å². The molecule has 1 N–H and O–H groups in total. The Morgan fingerprint density at radius 3 is 2.08 bits per heavy atom. The van der Waals surface area contributed by atoms with Gasteiger partial charge in [-0.15, -0.1) is 0 Å². The number of cyclic esters (lactones) is 1. The topological polar surface area (TPSA) is 143 Å². The first kappa shape index (κ1) is 43.9. The van der Waals surface area contributed by atoms with Crippen LogP contribution in [0.5, 0.6) is 0 Å². The van der Waals surface area contributed by atoms with Crippen molar-refractivity contribution in [3.8, 4) is 11.1 Å². The van der Waals surface area contributed by atoms with Gasteiger partial charge >= 0.3 is 6.09 Å². The van der Waals surface area contributed by atoms with Gasteiger partial charge in [0, 0.05) is 25.7 Å². The van der Waals surface area contributed by atoms with Crippen molar-refractivity contribution in [3.05, 3.63) is 119 Å². The number of aryl methyl sites for hydroxylation is 2. The predicted octanol–water partition coefficient (Wildman–Crippen LogP) is 7.71. The van der Waals surface area contributed by atoms with E-state index in [0.29, 0.717) is 18.6 Å². The van der Waals surface area contributed by atoms with Crippen LogP contribution in [0.4, 0.5) is 4.79 Å². The zero-order chi connectivity index (χ0) is 42.3. The van der Waals surface area contributed by atoms with Crippen LogP contribution in [0, 0.1) is 18.8 Å². The van der Waals surface area contributed by atoms with Crippen LogP contribution in [0.2, 0.25) is 0 Å². The van der Waals surface area contributed by atoms with E-state index in [-0.39, 0.29) is 38.1 Å². The van der Waals surface area contributed by atoms with Gasteiger partial charge in [-0.1, -0.05) is 104 Å². The second kappa shape index (κ2) is 19.6. The largest absolute Gasteiger partial charge is 0.457 e. The van der Waals surface area contributed by atoms with Crippen molar-refractivity contribution in [2.24, 2.45) is 11.8 Å². The van der Waals surface area contributed by atoms with Crippen molar-refractivity contribution in [2.75, 3.05) is 20.3 Å². The fourth-order valence-electron chi connectivity index (χ4n) is 8.18. The van der Waals surface area contributed by atoms with E-state index in [0.717, 1.165) is 32.7 Å². The number of carbonyl (C=O) groups is 3. The standard InChI is InChI=1S/C47H57NO11/c1-29(2)43-47(5,6)59-46(52)48(43)44(51)31(4)39(50)37-25-35(34-21-14-16-30(3)24-34)36(57-37)22-15-23-54-42-41(56-28-33-19-12-9-13-20-33)40(38(26-49)58-45(42)53-7)55-27-32-17-10-8-11-18-32/h8-14,16-21,24-25,29,31,38,40-43,45,49H,15,22-23,26-28H2,1-7H3/t31-,38-,40-,41+,42+,43-,45+/m1/s1. The number of rotatable bonds is 18. The number of benzene rings is 3. The van der Waals surface area contributed by atoms with Crippen LogP contribution in [0.1, 0.15) is 74.0 Å². The van der Waals surface area contributed by atoms with Crippen LogP contribution < -0.4 is 0 Å². The molecule has 12 nitrogen and oxygen atoms in total. The molecule has 2 fully saturated rings. The van der Waals surface area contributed by atoms with E-state index in [4.69, 9.17) is 32.8 Å². The molecule has 2 saturated heterocycles. The third kappa shape index (κ3) is 10.2. The zero-order valence-electron chi connectivity index (χ0n) is 35.0. The number of hydrogen-bond donors (Lipinski definition) is 1. The van der Waals surface area contributed by atoms with Gasteiger partial charge in [0.25, 0.3) is 0 Å². The molecule has 0 bridgehead atoms. The monoisotopic (exact) mass is 811 g/mol. The number of ketones is 1. The predicted molar refractivity (Wildman–Crippen MR) is 219 cm³/mol. The summed E-state index contributed by atoms with van der Waals surface area (Å²) in [6, 6.07) is 28.5. The molecule has 2 aliphatic heterocycles.